The van der Waals surface area contributed by atoms with Crippen molar-refractivity contribution in [3.8, 4) is 5.75 Å². The Labute approximate surface area is 103 Å². The third kappa shape index (κ3) is 2.20. The smallest absolute Gasteiger partial charge is 0.123 e. The fraction of sp³-hybridized carbons (Fsp3) is 0.571. The highest BCUT2D eigenvalue weighted by Crippen LogP contribution is 2.45. The molecular weight excluding hydrogens is 220 g/mol. The molecule has 1 fully saturated rings. The highest BCUT2D eigenvalue weighted by atomic mass is 35.5. The van der Waals surface area contributed by atoms with Gasteiger partial charge in [-0.05, 0) is 37.7 Å². The Kier molecular flexibility index (Phi) is 3.44. The zero-order chi connectivity index (χ0) is 11.6. The Bertz CT molecular complexity index is 364. The van der Waals surface area contributed by atoms with Gasteiger partial charge in [-0.25, -0.2) is 0 Å². The second kappa shape index (κ2) is 4.67. The lowest BCUT2D eigenvalue weighted by Gasteiger charge is -2.26. The summed E-state index contributed by atoms with van der Waals surface area (Å²) in [4.78, 5) is 0. The number of benzene rings is 1. The summed E-state index contributed by atoms with van der Waals surface area (Å²) in [7, 11) is 0. The first-order chi connectivity index (χ1) is 7.65. The average Bonchev–Trinajstić information content (AvgIpc) is 2.61. The molecule has 1 saturated carbocycles. The van der Waals surface area contributed by atoms with Crippen LogP contribution in [0.5, 0.6) is 5.75 Å². The van der Waals surface area contributed by atoms with Crippen LogP contribution >= 0.6 is 11.6 Å². The summed E-state index contributed by atoms with van der Waals surface area (Å²) in [6.45, 7) is 5.04. The fourth-order valence-electron chi connectivity index (χ4n) is 2.66. The molecule has 0 spiro atoms. The maximum absolute atomic E-state index is 6.24. The third-order valence-corrected chi connectivity index (χ3v) is 3.89. The van der Waals surface area contributed by atoms with Gasteiger partial charge in [0.15, 0.2) is 0 Å². The van der Waals surface area contributed by atoms with Crippen molar-refractivity contribution in [2.75, 3.05) is 6.61 Å². The first kappa shape index (κ1) is 11.8. The van der Waals surface area contributed by atoms with Crippen LogP contribution in [0, 0.1) is 0 Å². The molecule has 2 rings (SSSR count). The summed E-state index contributed by atoms with van der Waals surface area (Å²) >= 11 is 6.24. The zero-order valence-electron chi connectivity index (χ0n) is 10.0. The molecule has 0 N–H and O–H groups in total. The molecule has 0 radical (unpaired) electrons. The van der Waals surface area contributed by atoms with Crippen LogP contribution in [0.15, 0.2) is 24.3 Å². The van der Waals surface area contributed by atoms with Gasteiger partial charge in [0, 0.05) is 10.9 Å². The molecule has 1 aromatic rings. The van der Waals surface area contributed by atoms with E-state index in [2.05, 4.69) is 25.1 Å². The van der Waals surface area contributed by atoms with E-state index in [1.165, 1.54) is 5.56 Å². The Morgan fingerprint density at radius 1 is 1.44 bits per heavy atom. The van der Waals surface area contributed by atoms with Gasteiger partial charge in [-0.15, -0.1) is 11.6 Å². The Balaban J connectivity index is 2.32. The Morgan fingerprint density at radius 2 is 2.19 bits per heavy atom. The van der Waals surface area contributed by atoms with Gasteiger partial charge in [0.1, 0.15) is 5.75 Å². The van der Waals surface area contributed by atoms with Gasteiger partial charge in [-0.1, -0.05) is 25.1 Å². The molecule has 1 aliphatic carbocycles. The van der Waals surface area contributed by atoms with Crippen LogP contribution in [0.1, 0.15) is 38.7 Å². The van der Waals surface area contributed by atoms with Gasteiger partial charge in [0.2, 0.25) is 0 Å². The minimum Gasteiger partial charge on any atom is -0.494 e. The standard InChI is InChI=1S/C14H19ClO/c1-3-16-13-7-5-4-6-12(13)14(2)9-8-11(15)10-14/h4-7,11H,3,8-10H2,1-2H3. The highest BCUT2D eigenvalue weighted by molar-refractivity contribution is 6.20. The van der Waals surface area contributed by atoms with Crippen LogP contribution in [0.3, 0.4) is 0 Å². The molecule has 16 heavy (non-hydrogen) atoms. The molecule has 88 valence electrons. The largest absolute Gasteiger partial charge is 0.494 e. The number of alkyl halides is 1. The maximum atomic E-state index is 6.24. The van der Waals surface area contributed by atoms with Gasteiger partial charge >= 0.3 is 0 Å². The van der Waals surface area contributed by atoms with Crippen molar-refractivity contribution in [1.82, 2.24) is 0 Å². The van der Waals surface area contributed by atoms with Crippen molar-refractivity contribution < 1.29 is 4.74 Å². The Hall–Kier alpha value is -0.690. The van der Waals surface area contributed by atoms with Crippen molar-refractivity contribution in [2.24, 2.45) is 0 Å². The van der Waals surface area contributed by atoms with Gasteiger partial charge in [-0.3, -0.25) is 0 Å². The first-order valence-electron chi connectivity index (χ1n) is 6.02. The van der Waals surface area contributed by atoms with Gasteiger partial charge in [0.05, 0.1) is 6.61 Å². The summed E-state index contributed by atoms with van der Waals surface area (Å²) in [5.41, 5.74) is 1.51. The van der Waals surface area contributed by atoms with Crippen LogP contribution in [0.2, 0.25) is 0 Å². The molecule has 0 aromatic heterocycles. The van der Waals surface area contributed by atoms with Crippen molar-refractivity contribution in [2.45, 2.75) is 43.9 Å². The molecule has 1 aromatic carbocycles. The number of hydrogen-bond acceptors (Lipinski definition) is 1. The van der Waals surface area contributed by atoms with E-state index in [1.54, 1.807) is 0 Å². The quantitative estimate of drug-likeness (QED) is 0.720. The molecule has 1 aliphatic rings. The van der Waals surface area contributed by atoms with Gasteiger partial charge in [0.25, 0.3) is 0 Å². The van der Waals surface area contributed by atoms with Crippen LogP contribution in [0.4, 0.5) is 0 Å². The number of ether oxygens (including phenoxy) is 1. The van der Waals surface area contributed by atoms with E-state index in [9.17, 15) is 0 Å². The van der Waals surface area contributed by atoms with Crippen LogP contribution < -0.4 is 4.74 Å². The van der Waals surface area contributed by atoms with Crippen molar-refractivity contribution >= 4 is 11.6 Å². The molecule has 2 heteroatoms. The minimum atomic E-state index is 0.193. The van der Waals surface area contributed by atoms with Crippen LogP contribution in [0.25, 0.3) is 0 Å². The molecule has 1 nitrogen and oxygen atoms in total. The molecule has 0 saturated heterocycles. The normalized spacial score (nSPS) is 29.3. The van der Waals surface area contributed by atoms with E-state index < -0.39 is 0 Å². The minimum absolute atomic E-state index is 0.193. The lowest BCUT2D eigenvalue weighted by atomic mass is 9.80. The fourth-order valence-corrected chi connectivity index (χ4v) is 3.11. The predicted molar refractivity (Wildman–Crippen MR) is 68.5 cm³/mol. The van der Waals surface area contributed by atoms with E-state index in [1.807, 2.05) is 13.0 Å². The second-order valence-electron chi connectivity index (χ2n) is 4.83. The first-order valence-corrected chi connectivity index (χ1v) is 6.46. The topological polar surface area (TPSA) is 9.23 Å². The molecule has 2 unspecified atom stereocenters. The van der Waals surface area contributed by atoms with E-state index in [4.69, 9.17) is 16.3 Å². The summed E-state index contributed by atoms with van der Waals surface area (Å²) in [6, 6.07) is 8.36. The maximum Gasteiger partial charge on any atom is 0.123 e. The number of halogens is 1. The van der Waals surface area contributed by atoms with Gasteiger partial charge in [-0.2, -0.15) is 0 Å². The van der Waals surface area contributed by atoms with E-state index in [0.29, 0.717) is 5.38 Å². The van der Waals surface area contributed by atoms with Gasteiger partial charge < -0.3 is 4.74 Å². The van der Waals surface area contributed by atoms with E-state index in [0.717, 1.165) is 31.6 Å². The van der Waals surface area contributed by atoms with E-state index >= 15 is 0 Å². The number of hydrogen-bond donors (Lipinski definition) is 0. The molecular formula is C14H19ClO. The summed E-state index contributed by atoms with van der Waals surface area (Å²) < 4.78 is 5.71. The molecule has 0 aliphatic heterocycles. The predicted octanol–water partition coefficient (Wildman–Crippen LogP) is 4.13. The van der Waals surface area contributed by atoms with Crippen molar-refractivity contribution in [3.63, 3.8) is 0 Å². The monoisotopic (exact) mass is 238 g/mol. The summed E-state index contributed by atoms with van der Waals surface area (Å²) in [5, 5.41) is 0.319. The lowest BCUT2D eigenvalue weighted by Crippen LogP contribution is -2.19. The second-order valence-corrected chi connectivity index (χ2v) is 5.45. The van der Waals surface area contributed by atoms with Crippen molar-refractivity contribution in [3.05, 3.63) is 29.8 Å². The highest BCUT2D eigenvalue weighted by Gasteiger charge is 2.37. The molecule has 2 atom stereocenters. The number of rotatable bonds is 3. The molecule has 0 amide bonds. The molecule has 0 heterocycles. The van der Waals surface area contributed by atoms with Crippen LogP contribution in [-0.4, -0.2) is 12.0 Å². The SMILES string of the molecule is CCOc1ccccc1C1(C)CCC(Cl)C1. The molecule has 0 bridgehead atoms. The zero-order valence-corrected chi connectivity index (χ0v) is 10.8. The summed E-state index contributed by atoms with van der Waals surface area (Å²) in [5.74, 6) is 1.03. The lowest BCUT2D eigenvalue weighted by molar-refractivity contribution is 0.325. The Morgan fingerprint density at radius 3 is 2.81 bits per heavy atom. The average molecular weight is 239 g/mol. The van der Waals surface area contributed by atoms with E-state index in [-0.39, 0.29) is 5.41 Å². The number of para-hydroxylation sites is 1. The van der Waals surface area contributed by atoms with Crippen molar-refractivity contribution in [1.29, 1.82) is 0 Å². The third-order valence-electron chi connectivity index (χ3n) is 3.52. The van der Waals surface area contributed by atoms with Crippen LogP contribution in [-0.2, 0) is 5.41 Å². The summed E-state index contributed by atoms with van der Waals surface area (Å²) in [6.07, 6.45) is 3.32.